The molecule has 1 aromatic heterocycles. The van der Waals surface area contributed by atoms with Gasteiger partial charge in [0, 0.05) is 33.2 Å². The first-order chi connectivity index (χ1) is 13.2. The van der Waals surface area contributed by atoms with E-state index in [9.17, 15) is 4.79 Å². The number of amides is 1. The lowest BCUT2D eigenvalue weighted by Gasteiger charge is -2.29. The van der Waals surface area contributed by atoms with Gasteiger partial charge < -0.3 is 15.5 Å². The molecule has 0 bridgehead atoms. The smallest absolute Gasteiger partial charge is 0.263 e. The summed E-state index contributed by atoms with van der Waals surface area (Å²) in [6.07, 6.45) is 3.26. The molecule has 0 fully saturated rings. The van der Waals surface area contributed by atoms with Gasteiger partial charge in [-0.1, -0.05) is 36.4 Å². The van der Waals surface area contributed by atoms with Gasteiger partial charge in [0.2, 0.25) is 0 Å². The number of aryl methyl sites for hydroxylation is 1. The van der Waals surface area contributed by atoms with Crippen molar-refractivity contribution in [3.8, 4) is 0 Å². The second kappa shape index (κ2) is 9.32. The minimum Gasteiger partial charge on any atom is -0.354 e. The molecule has 1 amide bonds. The maximum atomic E-state index is 12.1. The number of rotatable bonds is 5. The van der Waals surface area contributed by atoms with Crippen molar-refractivity contribution >= 4 is 28.8 Å². The van der Waals surface area contributed by atoms with Gasteiger partial charge in [0.25, 0.3) is 5.91 Å². The number of benzene rings is 1. The first-order valence-corrected chi connectivity index (χ1v) is 9.95. The molecule has 7 heteroatoms. The number of guanidine groups is 1. The number of aliphatic imine (C=N–C) groups is 1. The van der Waals surface area contributed by atoms with Crippen LogP contribution in [0.4, 0.5) is 0 Å². The van der Waals surface area contributed by atoms with Gasteiger partial charge in [-0.3, -0.25) is 9.79 Å². The number of hydrogen-bond acceptors (Lipinski definition) is 4. The van der Waals surface area contributed by atoms with E-state index >= 15 is 0 Å². The van der Waals surface area contributed by atoms with Gasteiger partial charge in [-0.05, 0) is 24.5 Å². The Morgan fingerprint density at radius 1 is 1.26 bits per heavy atom. The predicted octanol–water partition coefficient (Wildman–Crippen LogP) is 2.55. The monoisotopic (exact) mass is 383 g/mol. The third-order valence-corrected chi connectivity index (χ3v) is 5.44. The molecular formula is C20H25N5OS. The number of thiazole rings is 1. The van der Waals surface area contributed by atoms with E-state index in [-0.39, 0.29) is 5.91 Å². The fourth-order valence-corrected chi connectivity index (χ4v) is 3.78. The Hall–Kier alpha value is -2.67. The lowest BCUT2D eigenvalue weighted by atomic mass is 10.00. The van der Waals surface area contributed by atoms with E-state index in [1.54, 1.807) is 12.6 Å². The first-order valence-electron chi connectivity index (χ1n) is 9.07. The van der Waals surface area contributed by atoms with E-state index < -0.39 is 0 Å². The van der Waals surface area contributed by atoms with Crippen molar-refractivity contribution in [3.63, 3.8) is 0 Å². The summed E-state index contributed by atoms with van der Waals surface area (Å²) < 4.78 is 0. The minimum atomic E-state index is -0.0693. The van der Waals surface area contributed by atoms with Crippen molar-refractivity contribution in [2.75, 3.05) is 33.2 Å². The van der Waals surface area contributed by atoms with Crippen LogP contribution < -0.4 is 10.6 Å². The molecule has 0 atom stereocenters. The third kappa shape index (κ3) is 4.95. The highest BCUT2D eigenvalue weighted by Gasteiger charge is 2.16. The molecule has 0 unspecified atom stereocenters. The van der Waals surface area contributed by atoms with Crippen LogP contribution in [0.5, 0.6) is 0 Å². The highest BCUT2D eigenvalue weighted by atomic mass is 32.1. The van der Waals surface area contributed by atoms with E-state index in [0.717, 1.165) is 31.2 Å². The van der Waals surface area contributed by atoms with E-state index in [4.69, 9.17) is 0 Å². The lowest BCUT2D eigenvalue weighted by molar-refractivity contribution is 0.0957. The minimum absolute atomic E-state index is 0.0693. The van der Waals surface area contributed by atoms with Crippen LogP contribution in [0.25, 0.3) is 5.57 Å². The SMILES string of the molecule is CN=C(NCCNC(=O)c1scnc1C)N1CC=C(c2ccccc2)CC1. The zero-order valence-corrected chi connectivity index (χ0v) is 16.6. The number of carbonyl (C=O) groups excluding carboxylic acids is 1. The average molecular weight is 384 g/mol. The number of nitrogens with one attached hydrogen (secondary N) is 2. The number of carbonyl (C=O) groups is 1. The van der Waals surface area contributed by atoms with E-state index in [0.29, 0.717) is 18.0 Å². The maximum Gasteiger partial charge on any atom is 0.263 e. The van der Waals surface area contributed by atoms with Crippen LogP contribution >= 0.6 is 11.3 Å². The highest BCUT2D eigenvalue weighted by molar-refractivity contribution is 7.11. The molecule has 6 nitrogen and oxygen atoms in total. The Morgan fingerprint density at radius 3 is 2.67 bits per heavy atom. The van der Waals surface area contributed by atoms with E-state index in [1.165, 1.54) is 22.5 Å². The summed E-state index contributed by atoms with van der Waals surface area (Å²) in [5.41, 5.74) is 5.14. The largest absolute Gasteiger partial charge is 0.354 e. The fourth-order valence-electron chi connectivity index (χ4n) is 3.06. The fraction of sp³-hybridized carbons (Fsp3) is 0.350. The normalized spacial score (nSPS) is 14.7. The summed E-state index contributed by atoms with van der Waals surface area (Å²) >= 11 is 1.37. The van der Waals surface area contributed by atoms with Crippen LogP contribution in [0.15, 0.2) is 46.9 Å². The molecule has 0 spiro atoms. The summed E-state index contributed by atoms with van der Waals surface area (Å²) in [7, 11) is 1.79. The number of hydrogen-bond donors (Lipinski definition) is 2. The van der Waals surface area contributed by atoms with Crippen LogP contribution in [-0.4, -0.2) is 55.0 Å². The quantitative estimate of drug-likeness (QED) is 0.473. The van der Waals surface area contributed by atoms with Crippen LogP contribution in [0.2, 0.25) is 0 Å². The molecule has 0 radical (unpaired) electrons. The number of nitrogens with zero attached hydrogens (tertiary/aromatic N) is 3. The lowest BCUT2D eigenvalue weighted by Crippen LogP contribution is -2.45. The summed E-state index contributed by atoms with van der Waals surface area (Å²) in [5, 5.41) is 6.25. The Balaban J connectivity index is 1.45. The molecule has 3 rings (SSSR count). The average Bonchev–Trinajstić information content (AvgIpc) is 3.15. The molecule has 0 saturated carbocycles. The zero-order valence-electron chi connectivity index (χ0n) is 15.7. The topological polar surface area (TPSA) is 69.6 Å². The van der Waals surface area contributed by atoms with E-state index in [2.05, 4.69) is 55.9 Å². The summed E-state index contributed by atoms with van der Waals surface area (Å²) in [5.74, 6) is 0.793. The van der Waals surface area contributed by atoms with Gasteiger partial charge in [0.1, 0.15) is 4.88 Å². The van der Waals surface area contributed by atoms with E-state index in [1.807, 2.05) is 13.0 Å². The molecule has 1 aliphatic heterocycles. The van der Waals surface area contributed by atoms with Crippen molar-refractivity contribution in [2.45, 2.75) is 13.3 Å². The molecule has 27 heavy (non-hydrogen) atoms. The maximum absolute atomic E-state index is 12.1. The van der Waals surface area contributed by atoms with Gasteiger partial charge in [0.05, 0.1) is 11.2 Å². The van der Waals surface area contributed by atoms with Crippen LogP contribution in [0.3, 0.4) is 0 Å². The summed E-state index contributed by atoms with van der Waals surface area (Å²) in [4.78, 5) is 23.5. The van der Waals surface area contributed by atoms with Gasteiger partial charge in [-0.2, -0.15) is 0 Å². The van der Waals surface area contributed by atoms with Crippen molar-refractivity contribution in [1.82, 2.24) is 20.5 Å². The summed E-state index contributed by atoms with van der Waals surface area (Å²) in [6, 6.07) is 10.5. The van der Waals surface area contributed by atoms with Gasteiger partial charge >= 0.3 is 0 Å². The van der Waals surface area contributed by atoms with Crippen LogP contribution in [0, 0.1) is 6.92 Å². The Bertz CT molecular complexity index is 828. The molecule has 2 heterocycles. The second-order valence-electron chi connectivity index (χ2n) is 6.29. The molecule has 1 aliphatic rings. The van der Waals surface area contributed by atoms with Crippen LogP contribution in [0.1, 0.15) is 27.3 Å². The van der Waals surface area contributed by atoms with Gasteiger partial charge in [0.15, 0.2) is 5.96 Å². The Morgan fingerprint density at radius 2 is 2.04 bits per heavy atom. The van der Waals surface area contributed by atoms with Gasteiger partial charge in [-0.15, -0.1) is 11.3 Å². The van der Waals surface area contributed by atoms with Crippen molar-refractivity contribution in [2.24, 2.45) is 4.99 Å². The molecule has 142 valence electrons. The van der Waals surface area contributed by atoms with Crippen molar-refractivity contribution in [3.05, 3.63) is 58.1 Å². The first kappa shape index (κ1) is 19.1. The zero-order chi connectivity index (χ0) is 19.1. The standard InChI is InChI=1S/C20H25N5OS/c1-15-18(27-14-24-15)19(26)22-10-11-23-20(21-2)25-12-8-17(9-13-25)16-6-4-3-5-7-16/h3-8,14H,9-13H2,1-2H3,(H,21,23)(H,22,26). The molecule has 2 aromatic rings. The Labute approximate surface area is 164 Å². The Kier molecular flexibility index (Phi) is 6.59. The molecular weight excluding hydrogens is 358 g/mol. The van der Waals surface area contributed by atoms with Gasteiger partial charge in [-0.25, -0.2) is 4.98 Å². The molecule has 0 saturated heterocycles. The van der Waals surface area contributed by atoms with Crippen LogP contribution in [-0.2, 0) is 0 Å². The number of aromatic nitrogens is 1. The van der Waals surface area contributed by atoms with Crippen molar-refractivity contribution in [1.29, 1.82) is 0 Å². The van der Waals surface area contributed by atoms with Crippen molar-refractivity contribution < 1.29 is 4.79 Å². The summed E-state index contributed by atoms with van der Waals surface area (Å²) in [6.45, 7) is 4.76. The molecule has 0 aliphatic carbocycles. The molecule has 2 N–H and O–H groups in total. The predicted molar refractivity (Wildman–Crippen MR) is 111 cm³/mol. The molecule has 1 aromatic carbocycles. The highest BCUT2D eigenvalue weighted by Crippen LogP contribution is 2.21. The third-order valence-electron chi connectivity index (χ3n) is 4.51. The second-order valence-corrected chi connectivity index (χ2v) is 7.14.